The van der Waals surface area contributed by atoms with E-state index in [0.29, 0.717) is 17.8 Å². The minimum absolute atomic E-state index is 0.0225. The number of piperazine rings is 1. The lowest BCUT2D eigenvalue weighted by atomic mass is 10.1. The highest BCUT2D eigenvalue weighted by Gasteiger charge is 2.23. The van der Waals surface area contributed by atoms with Gasteiger partial charge in [-0.2, -0.15) is 0 Å². The summed E-state index contributed by atoms with van der Waals surface area (Å²) in [6.07, 6.45) is 0. The van der Waals surface area contributed by atoms with Gasteiger partial charge in [0.15, 0.2) is 0 Å². The summed E-state index contributed by atoms with van der Waals surface area (Å²) in [5, 5.41) is 8.79. The summed E-state index contributed by atoms with van der Waals surface area (Å²) in [5.74, 6) is 0.0225. The Kier molecular flexibility index (Phi) is 5.30. The molecule has 1 unspecified atom stereocenters. The van der Waals surface area contributed by atoms with E-state index < -0.39 is 0 Å². The van der Waals surface area contributed by atoms with Gasteiger partial charge in [-0.15, -0.1) is 0 Å². The highest BCUT2D eigenvalue weighted by molar-refractivity contribution is 6.00. The number of hydrogen-bond acceptors (Lipinski definition) is 3. The summed E-state index contributed by atoms with van der Waals surface area (Å²) in [5.41, 5.74) is 1.99. The number of rotatable bonds is 3. The van der Waals surface area contributed by atoms with E-state index in [4.69, 9.17) is 0 Å². The van der Waals surface area contributed by atoms with Crippen LogP contribution in [0.15, 0.2) is 54.6 Å². The number of hydrogen-bond donors (Lipinski definition) is 3. The Morgan fingerprint density at radius 3 is 2.28 bits per heavy atom. The molecule has 0 saturated carbocycles. The topological polar surface area (TPSA) is 73.5 Å². The highest BCUT2D eigenvalue weighted by atomic mass is 16.2. The van der Waals surface area contributed by atoms with Gasteiger partial charge in [0.1, 0.15) is 0 Å². The molecular weight excluding hydrogens is 316 g/mol. The molecule has 1 saturated heterocycles. The zero-order valence-electron chi connectivity index (χ0n) is 14.2. The van der Waals surface area contributed by atoms with Crippen molar-refractivity contribution >= 4 is 23.3 Å². The largest absolute Gasteiger partial charge is 0.333 e. The zero-order valence-corrected chi connectivity index (χ0v) is 14.2. The van der Waals surface area contributed by atoms with Gasteiger partial charge in [-0.25, -0.2) is 4.79 Å². The standard InChI is InChI=1S/C19H22N4O2/c1-14-13-20-11-12-23(14)18(24)15-7-9-17(10-8-15)22-19(25)21-16-5-3-2-4-6-16/h2-10,14,20H,11-13H2,1H3,(H2,21,22,25). The molecule has 3 rings (SSSR count). The van der Waals surface area contributed by atoms with E-state index in [2.05, 4.69) is 16.0 Å². The Morgan fingerprint density at radius 1 is 1.00 bits per heavy atom. The number of anilines is 2. The minimum atomic E-state index is -0.319. The van der Waals surface area contributed by atoms with Crippen LogP contribution >= 0.6 is 0 Å². The Hall–Kier alpha value is -2.86. The number of urea groups is 1. The molecule has 3 amide bonds. The fourth-order valence-electron chi connectivity index (χ4n) is 2.82. The van der Waals surface area contributed by atoms with Gasteiger partial charge in [0.05, 0.1) is 0 Å². The van der Waals surface area contributed by atoms with Crippen LogP contribution in [0.5, 0.6) is 0 Å². The fraction of sp³-hybridized carbons (Fsp3) is 0.263. The molecule has 0 aliphatic carbocycles. The van der Waals surface area contributed by atoms with Gasteiger partial charge < -0.3 is 20.9 Å². The summed E-state index contributed by atoms with van der Waals surface area (Å²) in [6.45, 7) is 4.37. The van der Waals surface area contributed by atoms with Crippen LogP contribution < -0.4 is 16.0 Å². The predicted molar refractivity (Wildman–Crippen MR) is 98.9 cm³/mol. The van der Waals surface area contributed by atoms with E-state index >= 15 is 0 Å². The van der Waals surface area contributed by atoms with Crippen LogP contribution in [-0.2, 0) is 0 Å². The summed E-state index contributed by atoms with van der Waals surface area (Å²) in [7, 11) is 0. The number of carbonyl (C=O) groups excluding carboxylic acids is 2. The molecule has 6 nitrogen and oxygen atoms in total. The Balaban J connectivity index is 1.60. The number of benzene rings is 2. The molecular formula is C19H22N4O2. The lowest BCUT2D eigenvalue weighted by Crippen LogP contribution is -2.52. The number of carbonyl (C=O) groups is 2. The van der Waals surface area contributed by atoms with E-state index in [0.717, 1.165) is 18.8 Å². The van der Waals surface area contributed by atoms with Crippen molar-refractivity contribution in [2.45, 2.75) is 13.0 Å². The first-order chi connectivity index (χ1) is 12.1. The maximum Gasteiger partial charge on any atom is 0.323 e. The first kappa shape index (κ1) is 17.0. The van der Waals surface area contributed by atoms with E-state index in [1.165, 1.54) is 0 Å². The minimum Gasteiger partial charge on any atom is -0.333 e. The quantitative estimate of drug-likeness (QED) is 0.806. The monoisotopic (exact) mass is 338 g/mol. The fourth-order valence-corrected chi connectivity index (χ4v) is 2.82. The summed E-state index contributed by atoms with van der Waals surface area (Å²) in [6, 6.07) is 16.1. The van der Waals surface area contributed by atoms with Gasteiger partial charge in [-0.1, -0.05) is 18.2 Å². The number of nitrogens with zero attached hydrogens (tertiary/aromatic N) is 1. The van der Waals surface area contributed by atoms with Crippen LogP contribution in [0.4, 0.5) is 16.2 Å². The van der Waals surface area contributed by atoms with Crippen molar-refractivity contribution in [1.82, 2.24) is 10.2 Å². The van der Waals surface area contributed by atoms with Crippen molar-refractivity contribution in [2.75, 3.05) is 30.3 Å². The van der Waals surface area contributed by atoms with Crippen molar-refractivity contribution < 1.29 is 9.59 Å². The molecule has 1 fully saturated rings. The lowest BCUT2D eigenvalue weighted by Gasteiger charge is -2.34. The average Bonchev–Trinajstić information content (AvgIpc) is 2.63. The molecule has 25 heavy (non-hydrogen) atoms. The van der Waals surface area contributed by atoms with Crippen molar-refractivity contribution in [1.29, 1.82) is 0 Å². The lowest BCUT2D eigenvalue weighted by molar-refractivity contribution is 0.0656. The van der Waals surface area contributed by atoms with Gasteiger partial charge >= 0.3 is 6.03 Å². The first-order valence-corrected chi connectivity index (χ1v) is 8.38. The third kappa shape index (κ3) is 4.36. The summed E-state index contributed by atoms with van der Waals surface area (Å²) >= 11 is 0. The van der Waals surface area contributed by atoms with Crippen LogP contribution in [0, 0.1) is 0 Å². The average molecular weight is 338 g/mol. The molecule has 3 N–H and O–H groups in total. The molecule has 0 radical (unpaired) electrons. The molecule has 1 heterocycles. The normalized spacial score (nSPS) is 17.0. The molecule has 2 aromatic carbocycles. The SMILES string of the molecule is CC1CNCCN1C(=O)c1ccc(NC(=O)Nc2ccccc2)cc1. The number of para-hydroxylation sites is 1. The van der Waals surface area contributed by atoms with Gasteiger partial charge in [-0.3, -0.25) is 4.79 Å². The van der Waals surface area contributed by atoms with Crippen LogP contribution in [-0.4, -0.2) is 42.5 Å². The molecule has 2 aromatic rings. The Morgan fingerprint density at radius 2 is 1.64 bits per heavy atom. The number of nitrogens with one attached hydrogen (secondary N) is 3. The smallest absolute Gasteiger partial charge is 0.323 e. The molecule has 0 bridgehead atoms. The van der Waals surface area contributed by atoms with Crippen LogP contribution in [0.25, 0.3) is 0 Å². The van der Waals surface area contributed by atoms with E-state index in [-0.39, 0.29) is 18.0 Å². The molecule has 1 aliphatic rings. The maximum absolute atomic E-state index is 12.6. The summed E-state index contributed by atoms with van der Waals surface area (Å²) < 4.78 is 0. The third-order valence-electron chi connectivity index (χ3n) is 4.18. The van der Waals surface area contributed by atoms with Crippen molar-refractivity contribution in [2.24, 2.45) is 0 Å². The van der Waals surface area contributed by atoms with Crippen molar-refractivity contribution in [3.05, 3.63) is 60.2 Å². The molecule has 1 aliphatic heterocycles. The second-order valence-electron chi connectivity index (χ2n) is 6.07. The molecule has 0 aromatic heterocycles. The van der Waals surface area contributed by atoms with Crippen LogP contribution in [0.1, 0.15) is 17.3 Å². The molecule has 130 valence electrons. The predicted octanol–water partition coefficient (Wildman–Crippen LogP) is 2.76. The molecule has 6 heteroatoms. The number of amides is 3. The van der Waals surface area contributed by atoms with Gasteiger partial charge in [0.2, 0.25) is 0 Å². The van der Waals surface area contributed by atoms with Gasteiger partial charge in [-0.05, 0) is 43.3 Å². The first-order valence-electron chi connectivity index (χ1n) is 8.38. The van der Waals surface area contributed by atoms with Gasteiger partial charge in [0, 0.05) is 42.6 Å². The van der Waals surface area contributed by atoms with Crippen LogP contribution in [0.2, 0.25) is 0 Å². The Labute approximate surface area is 147 Å². The zero-order chi connectivity index (χ0) is 17.6. The third-order valence-corrected chi connectivity index (χ3v) is 4.18. The van der Waals surface area contributed by atoms with E-state index in [1.54, 1.807) is 24.3 Å². The second-order valence-corrected chi connectivity index (χ2v) is 6.07. The van der Waals surface area contributed by atoms with Gasteiger partial charge in [0.25, 0.3) is 5.91 Å². The highest BCUT2D eigenvalue weighted by Crippen LogP contribution is 2.15. The van der Waals surface area contributed by atoms with Crippen molar-refractivity contribution in [3.63, 3.8) is 0 Å². The van der Waals surface area contributed by atoms with E-state index in [9.17, 15) is 9.59 Å². The maximum atomic E-state index is 12.6. The van der Waals surface area contributed by atoms with Crippen molar-refractivity contribution in [3.8, 4) is 0 Å². The van der Waals surface area contributed by atoms with E-state index in [1.807, 2.05) is 42.2 Å². The summed E-state index contributed by atoms with van der Waals surface area (Å²) in [4.78, 5) is 26.4. The molecule has 0 spiro atoms. The Bertz CT molecular complexity index is 731. The molecule has 1 atom stereocenters. The van der Waals surface area contributed by atoms with Crippen LogP contribution in [0.3, 0.4) is 0 Å². The second kappa shape index (κ2) is 7.81.